The number of fused-ring (bicyclic) bond motifs is 1. The average molecular weight is 260 g/mol. The maximum Gasteiger partial charge on any atom is 0.224 e. The third-order valence-corrected chi connectivity index (χ3v) is 3.52. The Hall–Kier alpha value is -1.72. The smallest absolute Gasteiger partial charge is 0.224 e. The Bertz CT molecular complexity index is 521. The molecule has 100 valence electrons. The lowest BCUT2D eigenvalue weighted by molar-refractivity contribution is -0.116. The highest BCUT2D eigenvalue weighted by Crippen LogP contribution is 2.24. The summed E-state index contributed by atoms with van der Waals surface area (Å²) in [6.45, 7) is 1.78. The Kier molecular flexibility index (Phi) is 3.31. The summed E-state index contributed by atoms with van der Waals surface area (Å²) in [4.78, 5) is 23.6. The molecule has 0 aromatic heterocycles. The second-order valence-corrected chi connectivity index (χ2v) is 4.87. The molecular formula is C14H16N2O3. The number of morpholine rings is 1. The van der Waals surface area contributed by atoms with E-state index in [9.17, 15) is 9.59 Å². The molecule has 19 heavy (non-hydrogen) atoms. The number of rotatable bonds is 2. The van der Waals surface area contributed by atoms with Crippen LogP contribution >= 0.6 is 0 Å². The number of benzene rings is 1. The van der Waals surface area contributed by atoms with Crippen LogP contribution in [0.5, 0.6) is 0 Å². The second-order valence-electron chi connectivity index (χ2n) is 4.87. The van der Waals surface area contributed by atoms with Crippen LogP contribution in [0.2, 0.25) is 0 Å². The normalized spacial score (nSPS) is 22.5. The lowest BCUT2D eigenvalue weighted by Crippen LogP contribution is -2.46. The van der Waals surface area contributed by atoms with Crippen molar-refractivity contribution < 1.29 is 14.3 Å². The summed E-state index contributed by atoms with van der Waals surface area (Å²) in [5.74, 6) is 0.0910. The van der Waals surface area contributed by atoms with Crippen molar-refractivity contribution in [2.75, 3.05) is 25.1 Å². The first-order chi connectivity index (χ1) is 9.24. The van der Waals surface area contributed by atoms with Crippen LogP contribution in [0.15, 0.2) is 18.2 Å². The van der Waals surface area contributed by atoms with Crippen molar-refractivity contribution in [3.05, 3.63) is 29.3 Å². The minimum absolute atomic E-state index is 0.0360. The van der Waals surface area contributed by atoms with Crippen LogP contribution in [0.1, 0.15) is 22.3 Å². The highest BCUT2D eigenvalue weighted by Gasteiger charge is 2.24. The first kappa shape index (κ1) is 12.3. The summed E-state index contributed by atoms with van der Waals surface area (Å²) in [5, 5.41) is 5.98. The maximum atomic E-state index is 12.3. The van der Waals surface area contributed by atoms with E-state index in [0.717, 1.165) is 11.3 Å². The van der Waals surface area contributed by atoms with Crippen molar-refractivity contribution in [2.45, 2.75) is 18.9 Å². The first-order valence-corrected chi connectivity index (χ1v) is 6.52. The van der Waals surface area contributed by atoms with Gasteiger partial charge in [-0.2, -0.15) is 0 Å². The predicted molar refractivity (Wildman–Crippen MR) is 70.3 cm³/mol. The van der Waals surface area contributed by atoms with Crippen LogP contribution in [0.25, 0.3) is 0 Å². The highest BCUT2D eigenvalue weighted by atomic mass is 16.5. The molecule has 1 atom stereocenters. The van der Waals surface area contributed by atoms with E-state index in [2.05, 4.69) is 10.6 Å². The molecule has 2 N–H and O–H groups in total. The molecular weight excluding hydrogens is 244 g/mol. The quantitative estimate of drug-likeness (QED) is 0.770. The number of aryl methyl sites for hydroxylation is 1. The fourth-order valence-electron chi connectivity index (χ4n) is 2.47. The van der Waals surface area contributed by atoms with E-state index in [0.29, 0.717) is 38.2 Å². The number of ether oxygens (including phenoxy) is 1. The van der Waals surface area contributed by atoms with Gasteiger partial charge in [-0.15, -0.1) is 0 Å². The monoisotopic (exact) mass is 260 g/mol. The molecule has 0 bridgehead atoms. The molecule has 1 saturated heterocycles. The Morgan fingerprint density at radius 1 is 1.32 bits per heavy atom. The molecule has 0 saturated carbocycles. The number of nitrogens with one attached hydrogen (secondary N) is 2. The SMILES string of the molecule is O=C1CCc2cc(C(=O)C3COCCN3)ccc2N1. The molecule has 1 aromatic rings. The summed E-state index contributed by atoms with van der Waals surface area (Å²) in [6, 6.07) is 5.20. The number of Topliss-reactive ketones (excluding diaryl/α,β-unsaturated/α-hetero) is 1. The predicted octanol–water partition coefficient (Wildman–Crippen LogP) is 0.742. The molecule has 5 nitrogen and oxygen atoms in total. The van der Waals surface area contributed by atoms with Gasteiger partial charge < -0.3 is 15.4 Å². The molecule has 2 aliphatic rings. The number of carbonyl (C=O) groups excluding carboxylic acids is 2. The van der Waals surface area contributed by atoms with Gasteiger partial charge in [0, 0.05) is 24.2 Å². The van der Waals surface area contributed by atoms with E-state index in [4.69, 9.17) is 4.74 Å². The van der Waals surface area contributed by atoms with E-state index < -0.39 is 0 Å². The number of hydrogen-bond donors (Lipinski definition) is 2. The van der Waals surface area contributed by atoms with Crippen LogP contribution in [-0.4, -0.2) is 37.5 Å². The number of amides is 1. The lowest BCUT2D eigenvalue weighted by atomic mass is 9.96. The summed E-state index contributed by atoms with van der Waals surface area (Å²) in [6.07, 6.45) is 1.17. The van der Waals surface area contributed by atoms with Crippen LogP contribution in [0, 0.1) is 0 Å². The molecule has 0 aliphatic carbocycles. The van der Waals surface area contributed by atoms with Gasteiger partial charge >= 0.3 is 0 Å². The van der Waals surface area contributed by atoms with E-state index in [-0.39, 0.29) is 17.7 Å². The molecule has 0 spiro atoms. The molecule has 2 aliphatic heterocycles. The van der Waals surface area contributed by atoms with Gasteiger partial charge in [0.25, 0.3) is 0 Å². The molecule has 0 radical (unpaired) electrons. The fourth-order valence-corrected chi connectivity index (χ4v) is 2.47. The molecule has 1 fully saturated rings. The Labute approximate surface area is 111 Å². The van der Waals surface area contributed by atoms with Crippen molar-refractivity contribution in [3.63, 3.8) is 0 Å². The summed E-state index contributed by atoms with van der Waals surface area (Å²) in [5.41, 5.74) is 2.53. The minimum atomic E-state index is -0.259. The van der Waals surface area contributed by atoms with E-state index in [1.807, 2.05) is 12.1 Å². The third kappa shape index (κ3) is 2.52. The molecule has 1 aromatic carbocycles. The zero-order valence-electron chi connectivity index (χ0n) is 10.6. The summed E-state index contributed by atoms with van der Waals surface area (Å²) >= 11 is 0. The lowest BCUT2D eigenvalue weighted by Gasteiger charge is -2.23. The molecule has 1 unspecified atom stereocenters. The zero-order valence-corrected chi connectivity index (χ0v) is 10.6. The van der Waals surface area contributed by atoms with Gasteiger partial charge in [-0.25, -0.2) is 0 Å². The van der Waals surface area contributed by atoms with E-state index >= 15 is 0 Å². The standard InChI is InChI=1S/C14H16N2O3/c17-13-4-2-9-7-10(1-3-11(9)16-13)14(18)12-8-19-6-5-15-12/h1,3,7,12,15H,2,4-6,8H2,(H,16,17). The van der Waals surface area contributed by atoms with Crippen molar-refractivity contribution >= 4 is 17.4 Å². The van der Waals surface area contributed by atoms with Crippen molar-refractivity contribution in [1.82, 2.24) is 5.32 Å². The van der Waals surface area contributed by atoms with Crippen molar-refractivity contribution in [1.29, 1.82) is 0 Å². The topological polar surface area (TPSA) is 67.4 Å². The summed E-state index contributed by atoms with van der Waals surface area (Å²) < 4.78 is 5.31. The van der Waals surface area contributed by atoms with Crippen LogP contribution in [0.3, 0.4) is 0 Å². The van der Waals surface area contributed by atoms with Crippen LogP contribution in [0.4, 0.5) is 5.69 Å². The highest BCUT2D eigenvalue weighted by molar-refractivity contribution is 6.02. The van der Waals surface area contributed by atoms with Gasteiger partial charge in [0.2, 0.25) is 5.91 Å². The van der Waals surface area contributed by atoms with Gasteiger partial charge in [-0.1, -0.05) is 0 Å². The van der Waals surface area contributed by atoms with Crippen LogP contribution < -0.4 is 10.6 Å². The number of carbonyl (C=O) groups is 2. The maximum absolute atomic E-state index is 12.3. The van der Waals surface area contributed by atoms with Gasteiger partial charge in [0.15, 0.2) is 5.78 Å². The molecule has 3 rings (SSSR count). The fraction of sp³-hybridized carbons (Fsp3) is 0.429. The summed E-state index contributed by atoms with van der Waals surface area (Å²) in [7, 11) is 0. The van der Waals surface area contributed by atoms with Gasteiger partial charge in [-0.3, -0.25) is 9.59 Å². The Morgan fingerprint density at radius 2 is 2.21 bits per heavy atom. The van der Waals surface area contributed by atoms with Gasteiger partial charge in [0.1, 0.15) is 0 Å². The van der Waals surface area contributed by atoms with Gasteiger partial charge in [0.05, 0.1) is 19.3 Å². The Morgan fingerprint density at radius 3 is 3.00 bits per heavy atom. The van der Waals surface area contributed by atoms with Crippen molar-refractivity contribution in [2.24, 2.45) is 0 Å². The number of hydrogen-bond acceptors (Lipinski definition) is 4. The molecule has 5 heteroatoms. The number of anilines is 1. The zero-order chi connectivity index (χ0) is 13.2. The second kappa shape index (κ2) is 5.11. The minimum Gasteiger partial charge on any atom is -0.378 e. The molecule has 2 heterocycles. The third-order valence-electron chi connectivity index (χ3n) is 3.52. The average Bonchev–Trinajstić information content (AvgIpc) is 2.47. The van der Waals surface area contributed by atoms with Crippen LogP contribution in [-0.2, 0) is 16.0 Å². The molecule has 1 amide bonds. The number of ketones is 1. The van der Waals surface area contributed by atoms with Crippen molar-refractivity contribution in [3.8, 4) is 0 Å². The largest absolute Gasteiger partial charge is 0.378 e. The van der Waals surface area contributed by atoms with Gasteiger partial charge in [-0.05, 0) is 30.2 Å². The van der Waals surface area contributed by atoms with E-state index in [1.165, 1.54) is 0 Å². The first-order valence-electron chi connectivity index (χ1n) is 6.52. The Balaban J connectivity index is 1.81. The van der Waals surface area contributed by atoms with E-state index in [1.54, 1.807) is 6.07 Å².